The molecule has 4 N–H and O–H groups in total. The number of hydrogen-bond acceptors (Lipinski definition) is 7. The van der Waals surface area contributed by atoms with Crippen molar-refractivity contribution in [1.82, 2.24) is 10.0 Å². The molecule has 0 saturated heterocycles. The number of ether oxygens (including phenoxy) is 2. The van der Waals surface area contributed by atoms with Crippen LogP contribution in [-0.2, 0) is 21.2 Å². The van der Waals surface area contributed by atoms with Gasteiger partial charge in [0.1, 0.15) is 17.0 Å². The van der Waals surface area contributed by atoms with Gasteiger partial charge in [0.2, 0.25) is 5.96 Å². The first kappa shape index (κ1) is 28.9. The van der Waals surface area contributed by atoms with E-state index in [0.29, 0.717) is 30.6 Å². The number of carbonyl (C=O) groups excluding carboxylic acids is 1. The Bertz CT molecular complexity index is 1070. The summed E-state index contributed by atoms with van der Waals surface area (Å²) in [6.07, 6.45) is 3.37. The normalized spacial score (nSPS) is 15.4. The highest BCUT2D eigenvalue weighted by Crippen LogP contribution is 2.43. The zero-order chi connectivity index (χ0) is 26.6. The summed E-state index contributed by atoms with van der Waals surface area (Å²) in [6, 6.07) is 0. The van der Waals surface area contributed by atoms with Crippen molar-refractivity contribution in [3.8, 4) is 5.75 Å². The molecule has 1 aliphatic heterocycles. The van der Waals surface area contributed by atoms with E-state index in [0.717, 1.165) is 42.6 Å². The molecule has 2 rings (SSSR count). The molecule has 0 bridgehead atoms. The molecule has 0 spiro atoms. The average Bonchev–Trinajstić information content (AvgIpc) is 3.03. The summed E-state index contributed by atoms with van der Waals surface area (Å²) in [5, 5.41) is 2.47. The molecule has 0 unspecified atom stereocenters. The van der Waals surface area contributed by atoms with Gasteiger partial charge < -0.3 is 15.2 Å². The highest BCUT2D eigenvalue weighted by atomic mass is 32.2. The molecule has 1 heterocycles. The Balaban J connectivity index is 2.36. The number of alkyl carbamates (subject to hydrolysis) is 1. The van der Waals surface area contributed by atoms with E-state index in [4.69, 9.17) is 15.2 Å². The van der Waals surface area contributed by atoms with Gasteiger partial charge in [0.15, 0.2) is 0 Å². The van der Waals surface area contributed by atoms with Gasteiger partial charge in [0.05, 0.1) is 4.90 Å². The first-order chi connectivity index (χ1) is 16.1. The Morgan fingerprint density at radius 2 is 1.71 bits per heavy atom. The third kappa shape index (κ3) is 7.83. The van der Waals surface area contributed by atoms with E-state index in [1.54, 1.807) is 34.6 Å². The van der Waals surface area contributed by atoms with Crippen molar-refractivity contribution in [2.75, 3.05) is 13.1 Å². The lowest BCUT2D eigenvalue weighted by atomic mass is 9.94. The monoisotopic (exact) mass is 510 g/mol. The van der Waals surface area contributed by atoms with Crippen LogP contribution in [0, 0.1) is 20.8 Å². The molecule has 1 amide bonds. The summed E-state index contributed by atoms with van der Waals surface area (Å²) in [6.45, 7) is 15.6. The standard InChI is InChI=1S/C25H42N4O5S/c1-16-17(2)21(18(3)19-15-25(7,8)33-20(16)19)35(31,32)29-22(27-14-12-10-9-11-13-26)28-23(30)34-24(4,5)6/h9-15,26H2,1-8H3,(H2,27,28,29,30). The number of sulfonamides is 1. The number of unbranched alkanes of at least 4 members (excludes halogenated alkanes) is 3. The maximum absolute atomic E-state index is 13.6. The molecule has 198 valence electrons. The highest BCUT2D eigenvalue weighted by Gasteiger charge is 2.37. The lowest BCUT2D eigenvalue weighted by molar-refractivity contribution is 0.0562. The first-order valence-corrected chi connectivity index (χ1v) is 13.7. The highest BCUT2D eigenvalue weighted by molar-refractivity contribution is 7.90. The number of hydrogen-bond donors (Lipinski definition) is 3. The number of nitrogens with one attached hydrogen (secondary N) is 2. The summed E-state index contributed by atoms with van der Waals surface area (Å²) in [5.41, 5.74) is 7.29. The number of benzene rings is 1. The van der Waals surface area contributed by atoms with Crippen LogP contribution in [0.25, 0.3) is 0 Å². The molecule has 1 aromatic rings. The van der Waals surface area contributed by atoms with Crippen LogP contribution in [-0.4, -0.2) is 44.8 Å². The topological polar surface area (TPSA) is 132 Å². The molecule has 0 radical (unpaired) electrons. The molecule has 9 nitrogen and oxygen atoms in total. The molecule has 1 aromatic carbocycles. The van der Waals surface area contributed by atoms with Gasteiger partial charge in [-0.25, -0.2) is 17.9 Å². The van der Waals surface area contributed by atoms with Gasteiger partial charge in [0.25, 0.3) is 10.0 Å². The van der Waals surface area contributed by atoms with E-state index < -0.39 is 27.3 Å². The van der Waals surface area contributed by atoms with Gasteiger partial charge in [-0.3, -0.25) is 10.3 Å². The van der Waals surface area contributed by atoms with Gasteiger partial charge in [-0.15, -0.1) is 0 Å². The smallest absolute Gasteiger partial charge is 0.414 e. The molecule has 0 aromatic heterocycles. The van der Waals surface area contributed by atoms with Crippen LogP contribution in [0.1, 0.15) is 82.6 Å². The molecule has 0 aliphatic carbocycles. The minimum atomic E-state index is -4.07. The molecule has 1 aliphatic rings. The zero-order valence-corrected chi connectivity index (χ0v) is 23.2. The van der Waals surface area contributed by atoms with Gasteiger partial charge >= 0.3 is 6.09 Å². The minimum Gasteiger partial charge on any atom is -0.487 e. The maximum atomic E-state index is 13.6. The number of rotatable bonds is 8. The van der Waals surface area contributed by atoms with E-state index in [-0.39, 0.29) is 10.9 Å². The molecular weight excluding hydrogens is 468 g/mol. The van der Waals surface area contributed by atoms with E-state index in [1.807, 2.05) is 20.8 Å². The number of amides is 1. The van der Waals surface area contributed by atoms with E-state index in [2.05, 4.69) is 15.0 Å². The Morgan fingerprint density at radius 1 is 1.09 bits per heavy atom. The van der Waals surface area contributed by atoms with Crippen molar-refractivity contribution in [2.24, 2.45) is 10.7 Å². The van der Waals surface area contributed by atoms with Gasteiger partial charge in [0, 0.05) is 18.5 Å². The van der Waals surface area contributed by atoms with Crippen LogP contribution in [0.5, 0.6) is 5.75 Å². The fraction of sp³-hybridized carbons (Fsp3) is 0.680. The van der Waals surface area contributed by atoms with Gasteiger partial charge in [-0.2, -0.15) is 0 Å². The van der Waals surface area contributed by atoms with Gasteiger partial charge in [-0.05, 0) is 91.5 Å². The largest absolute Gasteiger partial charge is 0.487 e. The lowest BCUT2D eigenvalue weighted by Crippen LogP contribution is -2.46. The minimum absolute atomic E-state index is 0.161. The number of aliphatic imine (C=N–C) groups is 1. The summed E-state index contributed by atoms with van der Waals surface area (Å²) >= 11 is 0. The van der Waals surface area contributed by atoms with Crippen molar-refractivity contribution in [3.63, 3.8) is 0 Å². The second-order valence-electron chi connectivity index (χ2n) is 10.7. The lowest BCUT2D eigenvalue weighted by Gasteiger charge is -2.21. The van der Waals surface area contributed by atoms with Crippen LogP contribution < -0.4 is 20.5 Å². The Morgan fingerprint density at radius 3 is 2.31 bits per heavy atom. The zero-order valence-electron chi connectivity index (χ0n) is 22.4. The molecular formula is C25H42N4O5S. The quantitative estimate of drug-likeness (QED) is 0.275. The fourth-order valence-electron chi connectivity index (χ4n) is 4.12. The van der Waals surface area contributed by atoms with Crippen molar-refractivity contribution in [1.29, 1.82) is 0 Å². The molecule has 35 heavy (non-hydrogen) atoms. The number of fused-ring (bicyclic) bond motifs is 1. The fourth-order valence-corrected chi connectivity index (χ4v) is 5.68. The van der Waals surface area contributed by atoms with Crippen LogP contribution >= 0.6 is 0 Å². The predicted molar refractivity (Wildman–Crippen MR) is 139 cm³/mol. The molecule has 0 saturated carbocycles. The number of nitrogens with two attached hydrogens (primary N) is 1. The molecule has 0 fully saturated rings. The van der Waals surface area contributed by atoms with E-state index >= 15 is 0 Å². The number of nitrogens with zero attached hydrogens (tertiary/aromatic N) is 1. The van der Waals surface area contributed by atoms with Gasteiger partial charge in [-0.1, -0.05) is 12.8 Å². The van der Waals surface area contributed by atoms with Crippen molar-refractivity contribution in [3.05, 3.63) is 22.3 Å². The summed E-state index contributed by atoms with van der Waals surface area (Å²) in [5.74, 6) is 0.591. The Labute approximate surface area is 210 Å². The van der Waals surface area contributed by atoms with Crippen molar-refractivity contribution >= 4 is 22.1 Å². The van der Waals surface area contributed by atoms with Crippen molar-refractivity contribution < 1.29 is 22.7 Å². The van der Waals surface area contributed by atoms with Crippen LogP contribution in [0.4, 0.5) is 4.79 Å². The average molecular weight is 511 g/mol. The van der Waals surface area contributed by atoms with E-state index in [9.17, 15) is 13.2 Å². The SMILES string of the molecule is Cc1c(C)c(S(=O)(=O)NC(=NCCCCCCN)NC(=O)OC(C)(C)C)c(C)c2c1OC(C)(C)C2. The summed E-state index contributed by atoms with van der Waals surface area (Å²) < 4.78 is 41.1. The molecule has 10 heteroatoms. The second kappa shape index (κ2) is 11.2. The Hall–Kier alpha value is -2.33. The van der Waals surface area contributed by atoms with E-state index in [1.165, 1.54) is 0 Å². The summed E-state index contributed by atoms with van der Waals surface area (Å²) in [7, 11) is -4.07. The Kier molecular flexibility index (Phi) is 9.21. The maximum Gasteiger partial charge on any atom is 0.414 e. The van der Waals surface area contributed by atoms with Crippen LogP contribution in [0.3, 0.4) is 0 Å². The number of guanidine groups is 1. The third-order valence-corrected chi connectivity index (χ3v) is 7.41. The van der Waals surface area contributed by atoms with Crippen LogP contribution in [0.2, 0.25) is 0 Å². The third-order valence-electron chi connectivity index (χ3n) is 5.79. The summed E-state index contributed by atoms with van der Waals surface area (Å²) in [4.78, 5) is 16.9. The molecule has 0 atom stereocenters. The second-order valence-corrected chi connectivity index (χ2v) is 12.3. The number of carbonyl (C=O) groups is 1. The predicted octanol–water partition coefficient (Wildman–Crippen LogP) is 4.00. The first-order valence-electron chi connectivity index (χ1n) is 12.2. The van der Waals surface area contributed by atoms with Crippen molar-refractivity contribution in [2.45, 2.75) is 104 Å². The van der Waals surface area contributed by atoms with Crippen LogP contribution in [0.15, 0.2) is 9.89 Å².